The minimum Gasteiger partial charge on any atom is -0.272 e. The number of hydrogen-bond acceptors (Lipinski definition) is 2. The molecule has 1 aliphatic heterocycles. The van der Waals surface area contributed by atoms with Gasteiger partial charge in [0, 0.05) is 6.20 Å². The van der Waals surface area contributed by atoms with E-state index in [9.17, 15) is 4.79 Å². The highest BCUT2D eigenvalue weighted by atomic mass is 16.1. The topological polar surface area (TPSA) is 47.2 Å². The fourth-order valence-corrected chi connectivity index (χ4v) is 0.905. The van der Waals surface area contributed by atoms with E-state index in [4.69, 9.17) is 0 Å². The van der Waals surface area contributed by atoms with E-state index in [-0.39, 0.29) is 5.91 Å². The molecule has 2 heterocycles. The maximum atomic E-state index is 10.7. The first-order valence-electron chi connectivity index (χ1n) is 2.96. The fourth-order valence-electron chi connectivity index (χ4n) is 0.905. The molecule has 0 saturated heterocycles. The Balaban J connectivity index is 2.52. The van der Waals surface area contributed by atoms with Crippen LogP contribution in [0.15, 0.2) is 17.3 Å². The number of carbonyl (C=O) groups excluding carboxylic acids is 1. The predicted octanol–water partition coefficient (Wildman–Crippen LogP) is -0.158. The molecule has 0 radical (unpaired) electrons. The average molecular weight is 135 g/mol. The lowest BCUT2D eigenvalue weighted by molar-refractivity contribution is -0.117. The monoisotopic (exact) mass is 135 g/mol. The molecule has 4 nitrogen and oxygen atoms in total. The van der Waals surface area contributed by atoms with E-state index in [2.05, 4.69) is 10.1 Å². The first-order valence-corrected chi connectivity index (χ1v) is 2.96. The molecule has 0 saturated carbocycles. The number of aliphatic imine (C=N–C) groups is 1. The van der Waals surface area contributed by atoms with Gasteiger partial charge >= 0.3 is 0 Å². The second-order valence-electron chi connectivity index (χ2n) is 2.08. The molecule has 0 aliphatic carbocycles. The zero-order valence-electron chi connectivity index (χ0n) is 5.19. The van der Waals surface area contributed by atoms with Crippen LogP contribution >= 0.6 is 0 Å². The van der Waals surface area contributed by atoms with Crippen molar-refractivity contribution in [2.45, 2.75) is 6.42 Å². The minimum absolute atomic E-state index is 0.104. The van der Waals surface area contributed by atoms with Crippen LogP contribution in [0, 0.1) is 0 Å². The van der Waals surface area contributed by atoms with Crippen molar-refractivity contribution in [2.75, 3.05) is 0 Å². The van der Waals surface area contributed by atoms with Crippen molar-refractivity contribution in [3.63, 3.8) is 0 Å². The predicted molar refractivity (Wildman–Crippen MR) is 34.8 cm³/mol. The van der Waals surface area contributed by atoms with Crippen LogP contribution in [0.1, 0.15) is 5.69 Å². The van der Waals surface area contributed by atoms with E-state index in [1.165, 1.54) is 6.34 Å². The van der Waals surface area contributed by atoms with Gasteiger partial charge in [-0.25, -0.2) is 9.67 Å². The Hall–Kier alpha value is -1.45. The summed E-state index contributed by atoms with van der Waals surface area (Å²) in [6.45, 7) is 0. The van der Waals surface area contributed by atoms with Crippen molar-refractivity contribution in [1.29, 1.82) is 0 Å². The number of carbonyl (C=O) groups is 1. The molecular formula is C6H5N3O. The molecule has 0 fully saturated rings. The molecule has 2 rings (SSSR count). The molecule has 1 amide bonds. The van der Waals surface area contributed by atoms with Crippen molar-refractivity contribution >= 4 is 12.2 Å². The molecule has 1 aromatic rings. The Kier molecular flexibility index (Phi) is 0.943. The van der Waals surface area contributed by atoms with Gasteiger partial charge in [0.15, 0.2) is 0 Å². The summed E-state index contributed by atoms with van der Waals surface area (Å²) in [4.78, 5) is 14.3. The Bertz CT molecular complexity index is 300. The first kappa shape index (κ1) is 5.34. The van der Waals surface area contributed by atoms with Crippen LogP contribution in [0.25, 0.3) is 0 Å². The average Bonchev–Trinajstić information content (AvgIpc) is 2.33. The maximum Gasteiger partial charge on any atom is 0.253 e. The third kappa shape index (κ3) is 0.655. The Morgan fingerprint density at radius 2 is 2.50 bits per heavy atom. The van der Waals surface area contributed by atoms with Crippen molar-refractivity contribution in [3.8, 4) is 0 Å². The zero-order chi connectivity index (χ0) is 6.97. The lowest BCUT2D eigenvalue weighted by Crippen LogP contribution is -2.14. The molecule has 0 spiro atoms. The molecular weight excluding hydrogens is 130 g/mol. The second kappa shape index (κ2) is 1.76. The lowest BCUT2D eigenvalue weighted by atomic mass is 10.3. The Labute approximate surface area is 57.2 Å². The quantitative estimate of drug-likeness (QED) is 0.496. The van der Waals surface area contributed by atoms with Crippen LogP contribution in [-0.2, 0) is 11.2 Å². The summed E-state index contributed by atoms with van der Waals surface area (Å²) >= 11 is 0. The normalized spacial score (nSPS) is 15.4. The highest BCUT2D eigenvalue weighted by Gasteiger charge is 2.10. The number of rotatable bonds is 0. The van der Waals surface area contributed by atoms with E-state index in [1.807, 2.05) is 6.07 Å². The van der Waals surface area contributed by atoms with Gasteiger partial charge in [-0.3, -0.25) is 4.79 Å². The largest absolute Gasteiger partial charge is 0.272 e. The van der Waals surface area contributed by atoms with Gasteiger partial charge in [0.2, 0.25) is 0 Å². The second-order valence-corrected chi connectivity index (χ2v) is 2.08. The number of aromatic nitrogens is 2. The summed E-state index contributed by atoms with van der Waals surface area (Å²) in [5.74, 6) is -0.104. The van der Waals surface area contributed by atoms with E-state index >= 15 is 0 Å². The van der Waals surface area contributed by atoms with E-state index < -0.39 is 0 Å². The van der Waals surface area contributed by atoms with Crippen LogP contribution in [0.3, 0.4) is 0 Å². The summed E-state index contributed by atoms with van der Waals surface area (Å²) in [6, 6.07) is 1.81. The number of fused-ring (bicyclic) bond motifs is 1. The van der Waals surface area contributed by atoms with Crippen molar-refractivity contribution in [3.05, 3.63) is 18.0 Å². The molecule has 0 aromatic carbocycles. The fraction of sp³-hybridized carbons (Fsp3) is 0.167. The third-order valence-corrected chi connectivity index (χ3v) is 1.40. The smallest absolute Gasteiger partial charge is 0.253 e. The SMILES string of the molecule is O=C1Cc2ccnn2C=N1. The molecule has 10 heavy (non-hydrogen) atoms. The van der Waals surface area contributed by atoms with Gasteiger partial charge in [0.1, 0.15) is 6.34 Å². The van der Waals surface area contributed by atoms with Crippen molar-refractivity contribution < 1.29 is 4.79 Å². The zero-order valence-corrected chi connectivity index (χ0v) is 5.19. The summed E-state index contributed by atoms with van der Waals surface area (Å²) in [7, 11) is 0. The Morgan fingerprint density at radius 1 is 1.60 bits per heavy atom. The molecule has 0 bridgehead atoms. The van der Waals surface area contributed by atoms with Gasteiger partial charge in [0.05, 0.1) is 12.1 Å². The van der Waals surface area contributed by atoms with Crippen LogP contribution in [0.4, 0.5) is 0 Å². The van der Waals surface area contributed by atoms with Crippen LogP contribution < -0.4 is 0 Å². The van der Waals surface area contributed by atoms with Crippen LogP contribution in [0.5, 0.6) is 0 Å². The standard InChI is InChI=1S/C6H5N3O/c10-6-3-5-1-2-8-9(5)4-7-6/h1-2,4H,3H2. The summed E-state index contributed by atoms with van der Waals surface area (Å²) < 4.78 is 1.60. The minimum atomic E-state index is -0.104. The van der Waals surface area contributed by atoms with Crippen molar-refractivity contribution in [2.24, 2.45) is 4.99 Å². The van der Waals surface area contributed by atoms with Crippen LogP contribution in [-0.4, -0.2) is 22.0 Å². The molecule has 0 atom stereocenters. The number of amides is 1. The molecule has 50 valence electrons. The van der Waals surface area contributed by atoms with E-state index in [0.29, 0.717) is 6.42 Å². The molecule has 0 unspecified atom stereocenters. The number of hydrogen-bond donors (Lipinski definition) is 0. The molecule has 4 heteroatoms. The molecule has 1 aliphatic rings. The maximum absolute atomic E-state index is 10.7. The van der Waals surface area contributed by atoms with Crippen molar-refractivity contribution in [1.82, 2.24) is 9.78 Å². The summed E-state index contributed by atoms with van der Waals surface area (Å²) in [5.41, 5.74) is 0.903. The van der Waals surface area contributed by atoms with Gasteiger partial charge in [-0.05, 0) is 6.07 Å². The number of nitrogens with zero attached hydrogens (tertiary/aromatic N) is 3. The first-order chi connectivity index (χ1) is 4.86. The van der Waals surface area contributed by atoms with Gasteiger partial charge < -0.3 is 0 Å². The lowest BCUT2D eigenvalue weighted by Gasteiger charge is -2.02. The van der Waals surface area contributed by atoms with Gasteiger partial charge in [-0.15, -0.1) is 0 Å². The molecule has 1 aromatic heterocycles. The van der Waals surface area contributed by atoms with Crippen LogP contribution in [0.2, 0.25) is 0 Å². The van der Waals surface area contributed by atoms with E-state index in [0.717, 1.165) is 5.69 Å². The summed E-state index contributed by atoms with van der Waals surface area (Å²) in [6.07, 6.45) is 3.46. The van der Waals surface area contributed by atoms with Gasteiger partial charge in [-0.2, -0.15) is 5.10 Å². The highest BCUT2D eigenvalue weighted by Crippen LogP contribution is 2.02. The Morgan fingerprint density at radius 3 is 3.40 bits per heavy atom. The molecule has 0 N–H and O–H groups in total. The summed E-state index contributed by atoms with van der Waals surface area (Å²) in [5, 5.41) is 3.91. The third-order valence-electron chi connectivity index (χ3n) is 1.40. The van der Waals surface area contributed by atoms with Gasteiger partial charge in [-0.1, -0.05) is 0 Å². The highest BCUT2D eigenvalue weighted by molar-refractivity contribution is 5.89. The van der Waals surface area contributed by atoms with E-state index in [1.54, 1.807) is 10.9 Å². The van der Waals surface area contributed by atoms with Gasteiger partial charge in [0.25, 0.3) is 5.91 Å².